The minimum Gasteiger partial charge on any atom is -0.397 e. The van der Waals surface area contributed by atoms with Gasteiger partial charge in [0.05, 0.1) is 30.1 Å². The molecule has 0 spiro atoms. The third kappa shape index (κ3) is 1.62. The highest BCUT2D eigenvalue weighted by atomic mass is 35.5. The molecule has 0 atom stereocenters. The minimum absolute atomic E-state index is 0. The standard InChI is InChI=1S/C12H13N3.ClH/c1-4-5-15-9(3)8(2)12-10(13)6-14-7-11(12)15;/h1,6-7H,5,13H2,2-3H3;1H. The van der Waals surface area contributed by atoms with E-state index in [9.17, 15) is 0 Å². The Labute approximate surface area is 101 Å². The Morgan fingerprint density at radius 2 is 2.12 bits per heavy atom. The summed E-state index contributed by atoms with van der Waals surface area (Å²) in [5.74, 6) is 2.64. The predicted molar refractivity (Wildman–Crippen MR) is 69.7 cm³/mol. The summed E-state index contributed by atoms with van der Waals surface area (Å²) in [5, 5.41) is 1.07. The van der Waals surface area contributed by atoms with Crippen LogP contribution in [0, 0.1) is 26.2 Å². The van der Waals surface area contributed by atoms with Gasteiger partial charge in [-0.25, -0.2) is 0 Å². The molecule has 3 nitrogen and oxygen atoms in total. The molecule has 2 aromatic heterocycles. The molecule has 2 N–H and O–H groups in total. The monoisotopic (exact) mass is 235 g/mol. The van der Waals surface area contributed by atoms with Crippen molar-refractivity contribution < 1.29 is 0 Å². The van der Waals surface area contributed by atoms with E-state index < -0.39 is 0 Å². The van der Waals surface area contributed by atoms with Gasteiger partial charge >= 0.3 is 0 Å². The fourth-order valence-corrected chi connectivity index (χ4v) is 1.94. The first-order valence-corrected chi connectivity index (χ1v) is 4.79. The quantitative estimate of drug-likeness (QED) is 0.771. The van der Waals surface area contributed by atoms with Crippen LogP contribution in [0.5, 0.6) is 0 Å². The van der Waals surface area contributed by atoms with Crippen molar-refractivity contribution >= 4 is 29.0 Å². The summed E-state index contributed by atoms with van der Waals surface area (Å²) in [6.07, 6.45) is 8.83. The van der Waals surface area contributed by atoms with Crippen LogP contribution < -0.4 is 5.73 Å². The van der Waals surface area contributed by atoms with Crippen LogP contribution >= 0.6 is 12.4 Å². The van der Waals surface area contributed by atoms with E-state index in [4.69, 9.17) is 12.2 Å². The number of nitrogens with two attached hydrogens (primary N) is 1. The summed E-state index contributed by atoms with van der Waals surface area (Å²) in [6, 6.07) is 0. The number of terminal acetylenes is 1. The average Bonchev–Trinajstić information content (AvgIpc) is 2.45. The maximum Gasteiger partial charge on any atom is 0.0838 e. The van der Waals surface area contributed by atoms with Crippen LogP contribution in [0.3, 0.4) is 0 Å². The molecule has 0 unspecified atom stereocenters. The molecule has 0 bridgehead atoms. The maximum atomic E-state index is 5.91. The van der Waals surface area contributed by atoms with Crippen LogP contribution in [0.1, 0.15) is 11.3 Å². The summed E-state index contributed by atoms with van der Waals surface area (Å²) in [4.78, 5) is 4.10. The van der Waals surface area contributed by atoms with Gasteiger partial charge in [-0.3, -0.25) is 4.98 Å². The van der Waals surface area contributed by atoms with E-state index in [1.165, 1.54) is 5.56 Å². The summed E-state index contributed by atoms with van der Waals surface area (Å²) in [5.41, 5.74) is 9.97. The van der Waals surface area contributed by atoms with E-state index >= 15 is 0 Å². The lowest BCUT2D eigenvalue weighted by molar-refractivity contribution is 0.840. The highest BCUT2D eigenvalue weighted by molar-refractivity contribution is 5.94. The summed E-state index contributed by atoms with van der Waals surface area (Å²) in [6.45, 7) is 4.66. The van der Waals surface area contributed by atoms with Crippen LogP contribution in [0.15, 0.2) is 12.4 Å². The van der Waals surface area contributed by atoms with Gasteiger partial charge in [-0.2, -0.15) is 0 Å². The summed E-state index contributed by atoms with van der Waals surface area (Å²) < 4.78 is 2.06. The number of aryl methyl sites for hydroxylation is 1. The lowest BCUT2D eigenvalue weighted by atomic mass is 10.2. The van der Waals surface area contributed by atoms with Crippen molar-refractivity contribution in [3.63, 3.8) is 0 Å². The maximum absolute atomic E-state index is 5.91. The highest BCUT2D eigenvalue weighted by Gasteiger charge is 2.12. The molecule has 0 saturated carbocycles. The van der Waals surface area contributed by atoms with E-state index in [-0.39, 0.29) is 12.4 Å². The van der Waals surface area contributed by atoms with E-state index in [2.05, 4.69) is 22.4 Å². The Kier molecular flexibility index (Phi) is 3.46. The highest BCUT2D eigenvalue weighted by Crippen LogP contribution is 2.28. The Bertz CT molecular complexity index is 564. The van der Waals surface area contributed by atoms with Gasteiger partial charge < -0.3 is 10.3 Å². The van der Waals surface area contributed by atoms with Gasteiger partial charge in [-0.15, -0.1) is 18.8 Å². The molecule has 2 aromatic rings. The van der Waals surface area contributed by atoms with Crippen molar-refractivity contribution in [2.75, 3.05) is 5.73 Å². The molecule has 84 valence electrons. The van der Waals surface area contributed by atoms with Gasteiger partial charge in [-0.05, 0) is 19.4 Å². The molecule has 2 heterocycles. The SMILES string of the molecule is C#CCn1c(C)c(C)c2c(N)cncc21.Cl. The molecule has 0 aliphatic heterocycles. The van der Waals surface area contributed by atoms with Crippen molar-refractivity contribution in [3.8, 4) is 12.3 Å². The molecule has 4 heteroatoms. The van der Waals surface area contributed by atoms with E-state index in [0.29, 0.717) is 12.2 Å². The number of rotatable bonds is 1. The molecule has 2 rings (SSSR count). The fraction of sp³-hybridized carbons (Fsp3) is 0.250. The first-order chi connectivity index (χ1) is 7.16. The van der Waals surface area contributed by atoms with Crippen molar-refractivity contribution in [2.45, 2.75) is 20.4 Å². The lowest BCUT2D eigenvalue weighted by Crippen LogP contribution is -1.98. The second kappa shape index (κ2) is 4.46. The molecular formula is C12H14ClN3. The molecule has 0 aromatic carbocycles. The van der Waals surface area contributed by atoms with E-state index in [0.717, 1.165) is 16.6 Å². The Morgan fingerprint density at radius 1 is 1.44 bits per heavy atom. The molecule has 0 radical (unpaired) electrons. The normalized spacial score (nSPS) is 9.81. The average molecular weight is 236 g/mol. The first-order valence-electron chi connectivity index (χ1n) is 4.79. The number of nitrogens with zero attached hydrogens (tertiary/aromatic N) is 2. The Morgan fingerprint density at radius 3 is 2.75 bits per heavy atom. The number of nitrogen functional groups attached to an aromatic ring is 1. The molecule has 0 fully saturated rings. The van der Waals surface area contributed by atoms with Crippen LogP contribution in [0.25, 0.3) is 10.9 Å². The topological polar surface area (TPSA) is 43.8 Å². The smallest absolute Gasteiger partial charge is 0.0838 e. The molecular weight excluding hydrogens is 222 g/mol. The Balaban J connectivity index is 0.00000128. The van der Waals surface area contributed by atoms with Gasteiger partial charge in [0.15, 0.2) is 0 Å². The van der Waals surface area contributed by atoms with Gasteiger partial charge in [-0.1, -0.05) is 5.92 Å². The van der Waals surface area contributed by atoms with Crippen molar-refractivity contribution in [2.24, 2.45) is 0 Å². The zero-order chi connectivity index (χ0) is 11.0. The van der Waals surface area contributed by atoms with Crippen molar-refractivity contribution in [1.29, 1.82) is 0 Å². The minimum atomic E-state index is 0. The first kappa shape index (κ1) is 12.4. The van der Waals surface area contributed by atoms with Crippen LogP contribution in [-0.4, -0.2) is 9.55 Å². The second-order valence-electron chi connectivity index (χ2n) is 3.62. The van der Waals surface area contributed by atoms with Crippen LogP contribution in [0.2, 0.25) is 0 Å². The molecule has 0 amide bonds. The van der Waals surface area contributed by atoms with Gasteiger partial charge in [0, 0.05) is 11.1 Å². The van der Waals surface area contributed by atoms with E-state index in [1.54, 1.807) is 6.20 Å². The Hall–Kier alpha value is -1.66. The molecule has 16 heavy (non-hydrogen) atoms. The molecule has 0 aliphatic carbocycles. The largest absolute Gasteiger partial charge is 0.397 e. The van der Waals surface area contributed by atoms with E-state index in [1.807, 2.05) is 13.1 Å². The number of hydrogen-bond acceptors (Lipinski definition) is 2. The third-order valence-corrected chi connectivity index (χ3v) is 2.82. The summed E-state index contributed by atoms with van der Waals surface area (Å²) in [7, 11) is 0. The number of halogens is 1. The van der Waals surface area contributed by atoms with Gasteiger partial charge in [0.25, 0.3) is 0 Å². The number of aromatic nitrogens is 2. The van der Waals surface area contributed by atoms with Crippen molar-refractivity contribution in [1.82, 2.24) is 9.55 Å². The third-order valence-electron chi connectivity index (χ3n) is 2.82. The van der Waals surface area contributed by atoms with Crippen LogP contribution in [0.4, 0.5) is 5.69 Å². The summed E-state index contributed by atoms with van der Waals surface area (Å²) >= 11 is 0. The van der Waals surface area contributed by atoms with Gasteiger partial charge in [0.2, 0.25) is 0 Å². The predicted octanol–water partition coefficient (Wildman–Crippen LogP) is 2.29. The fourth-order valence-electron chi connectivity index (χ4n) is 1.94. The number of pyridine rings is 1. The zero-order valence-electron chi connectivity index (χ0n) is 9.32. The zero-order valence-corrected chi connectivity index (χ0v) is 10.1. The number of hydrogen-bond donors (Lipinski definition) is 1. The van der Waals surface area contributed by atoms with Gasteiger partial charge in [0.1, 0.15) is 0 Å². The molecule has 0 aliphatic rings. The lowest BCUT2D eigenvalue weighted by Gasteiger charge is -2.02. The van der Waals surface area contributed by atoms with Crippen LogP contribution in [-0.2, 0) is 6.54 Å². The molecule has 0 saturated heterocycles. The number of anilines is 1. The second-order valence-corrected chi connectivity index (χ2v) is 3.62. The number of fused-ring (bicyclic) bond motifs is 1. The van der Waals surface area contributed by atoms with Crippen molar-refractivity contribution in [3.05, 3.63) is 23.7 Å².